The van der Waals surface area contributed by atoms with Gasteiger partial charge in [-0.25, -0.2) is 4.79 Å². The molecule has 2 amide bonds. The van der Waals surface area contributed by atoms with Gasteiger partial charge in [-0.05, 0) is 30.9 Å². The van der Waals surface area contributed by atoms with Crippen molar-refractivity contribution in [1.82, 2.24) is 10.6 Å². The van der Waals surface area contributed by atoms with E-state index in [9.17, 15) is 14.4 Å². The summed E-state index contributed by atoms with van der Waals surface area (Å²) in [6.07, 6.45) is 3.70. The topological polar surface area (TPSA) is 131 Å². The minimum atomic E-state index is -1.31. The van der Waals surface area contributed by atoms with E-state index >= 15 is 0 Å². The maximum absolute atomic E-state index is 12.5. The summed E-state index contributed by atoms with van der Waals surface area (Å²) in [5, 5.41) is 14.4. The molecule has 1 heterocycles. The second-order valence-corrected chi connectivity index (χ2v) is 6.77. The highest BCUT2D eigenvalue weighted by molar-refractivity contribution is 5.88. The van der Waals surface area contributed by atoms with E-state index in [0.717, 1.165) is 25.7 Å². The van der Waals surface area contributed by atoms with Crippen LogP contribution in [-0.2, 0) is 25.5 Å². The number of ether oxygens (including phenoxy) is 1. The summed E-state index contributed by atoms with van der Waals surface area (Å²) in [5.74, 6) is -2.58. The summed E-state index contributed by atoms with van der Waals surface area (Å²) >= 11 is 0. The van der Waals surface area contributed by atoms with Gasteiger partial charge in [0.05, 0.1) is 12.1 Å². The fraction of sp³-hybridized carbons (Fsp3) is 0.450. The molecule has 152 valence electrons. The number of hydrogen-bond acceptors (Lipinski definition) is 5. The van der Waals surface area contributed by atoms with Crippen LogP contribution in [0.3, 0.4) is 0 Å². The molecular weight excluding hydrogens is 362 g/mol. The third kappa shape index (κ3) is 6.38. The van der Waals surface area contributed by atoms with Crippen molar-refractivity contribution in [2.75, 3.05) is 6.54 Å². The molecule has 0 radical (unpaired) electrons. The molecule has 2 rings (SSSR count). The van der Waals surface area contributed by atoms with Gasteiger partial charge in [0, 0.05) is 13.5 Å². The number of amides is 2. The van der Waals surface area contributed by atoms with Gasteiger partial charge in [0.15, 0.2) is 6.10 Å². The summed E-state index contributed by atoms with van der Waals surface area (Å²) in [7, 11) is 0. The van der Waals surface area contributed by atoms with E-state index in [2.05, 4.69) is 22.8 Å². The SMILES string of the molecule is CC(=O)N[C@@H]1[C@@H](N)C=C(C(=O)O)O[C@H]1C(=O)NCCCCCc1ccccc1. The van der Waals surface area contributed by atoms with Crippen LogP contribution in [0.15, 0.2) is 42.2 Å². The van der Waals surface area contributed by atoms with Gasteiger partial charge < -0.3 is 26.2 Å². The molecule has 0 saturated heterocycles. The Bertz CT molecular complexity index is 720. The standard InChI is InChI=1S/C20H27N3O5/c1-13(24)23-17-15(21)12-16(20(26)27)28-18(17)19(25)22-11-7-3-6-10-14-8-4-2-5-9-14/h2,4-5,8-9,12,15,17-18H,3,6-7,10-11,21H2,1H3,(H,22,25)(H,23,24)(H,26,27)/t15-,17+,18+/m0/s1. The molecule has 28 heavy (non-hydrogen) atoms. The van der Waals surface area contributed by atoms with Crippen LogP contribution >= 0.6 is 0 Å². The van der Waals surface area contributed by atoms with E-state index in [1.807, 2.05) is 18.2 Å². The highest BCUT2D eigenvalue weighted by Crippen LogP contribution is 2.18. The first kappa shape index (κ1) is 21.4. The van der Waals surface area contributed by atoms with Gasteiger partial charge in [0.25, 0.3) is 5.91 Å². The van der Waals surface area contributed by atoms with Gasteiger partial charge in [-0.15, -0.1) is 0 Å². The van der Waals surface area contributed by atoms with E-state index in [-0.39, 0.29) is 5.91 Å². The van der Waals surface area contributed by atoms with E-state index < -0.39 is 35.8 Å². The maximum atomic E-state index is 12.5. The van der Waals surface area contributed by atoms with Crippen molar-refractivity contribution in [3.8, 4) is 0 Å². The van der Waals surface area contributed by atoms with Crippen LogP contribution in [0.5, 0.6) is 0 Å². The normalized spacial score (nSPS) is 21.2. The lowest BCUT2D eigenvalue weighted by atomic mass is 9.98. The summed E-state index contributed by atoms with van der Waals surface area (Å²) < 4.78 is 5.28. The quantitative estimate of drug-likeness (QED) is 0.460. The van der Waals surface area contributed by atoms with Crippen LogP contribution in [0, 0.1) is 0 Å². The monoisotopic (exact) mass is 389 g/mol. The molecule has 1 aliphatic rings. The molecule has 1 aromatic rings. The molecule has 0 aliphatic carbocycles. The Labute approximate surface area is 164 Å². The lowest BCUT2D eigenvalue weighted by Crippen LogP contribution is -2.60. The van der Waals surface area contributed by atoms with Crippen LogP contribution < -0.4 is 16.4 Å². The van der Waals surface area contributed by atoms with Gasteiger partial charge >= 0.3 is 5.97 Å². The third-order valence-electron chi connectivity index (χ3n) is 4.46. The van der Waals surface area contributed by atoms with Crippen LogP contribution in [0.1, 0.15) is 31.7 Å². The zero-order valence-electron chi connectivity index (χ0n) is 15.9. The number of hydrogen-bond donors (Lipinski definition) is 4. The highest BCUT2D eigenvalue weighted by Gasteiger charge is 2.40. The lowest BCUT2D eigenvalue weighted by molar-refractivity contribution is -0.143. The minimum Gasteiger partial charge on any atom is -0.475 e. The van der Waals surface area contributed by atoms with Crippen LogP contribution in [0.25, 0.3) is 0 Å². The third-order valence-corrected chi connectivity index (χ3v) is 4.46. The van der Waals surface area contributed by atoms with Gasteiger partial charge in [-0.1, -0.05) is 36.8 Å². The zero-order valence-corrected chi connectivity index (χ0v) is 15.9. The average Bonchev–Trinajstić information content (AvgIpc) is 2.66. The Balaban J connectivity index is 1.81. The van der Waals surface area contributed by atoms with Crippen LogP contribution in [0.4, 0.5) is 0 Å². The minimum absolute atomic E-state index is 0.380. The van der Waals surface area contributed by atoms with Crippen molar-refractivity contribution in [3.05, 3.63) is 47.7 Å². The van der Waals surface area contributed by atoms with Gasteiger partial charge in [0.1, 0.15) is 0 Å². The van der Waals surface area contributed by atoms with Crippen molar-refractivity contribution < 1.29 is 24.2 Å². The molecule has 8 heteroatoms. The molecular formula is C20H27N3O5. The number of carbonyl (C=O) groups excluding carboxylic acids is 2. The Morgan fingerprint density at radius 3 is 2.50 bits per heavy atom. The van der Waals surface area contributed by atoms with E-state index in [4.69, 9.17) is 15.6 Å². The first-order valence-corrected chi connectivity index (χ1v) is 9.34. The number of nitrogens with one attached hydrogen (secondary N) is 2. The molecule has 8 nitrogen and oxygen atoms in total. The maximum Gasteiger partial charge on any atom is 0.370 e. The van der Waals surface area contributed by atoms with Crippen LogP contribution in [0.2, 0.25) is 0 Å². The second kappa shape index (κ2) is 10.5. The van der Waals surface area contributed by atoms with Gasteiger partial charge in [0.2, 0.25) is 11.7 Å². The smallest absolute Gasteiger partial charge is 0.370 e. The average molecular weight is 389 g/mol. The zero-order chi connectivity index (χ0) is 20.5. The molecule has 1 aliphatic heterocycles. The predicted octanol–water partition coefficient (Wildman–Crippen LogP) is 0.715. The highest BCUT2D eigenvalue weighted by atomic mass is 16.5. The lowest BCUT2D eigenvalue weighted by Gasteiger charge is -2.34. The molecule has 1 aromatic carbocycles. The molecule has 0 aromatic heterocycles. The van der Waals surface area contributed by atoms with Gasteiger partial charge in [-0.2, -0.15) is 0 Å². The summed E-state index contributed by atoms with van der Waals surface area (Å²) in [4.78, 5) is 35.1. The van der Waals surface area contributed by atoms with E-state index in [1.165, 1.54) is 18.6 Å². The Morgan fingerprint density at radius 1 is 1.14 bits per heavy atom. The molecule has 0 bridgehead atoms. The number of carboxylic acids is 1. The molecule has 3 atom stereocenters. The summed E-state index contributed by atoms with van der Waals surface area (Å²) in [6.45, 7) is 1.73. The molecule has 0 unspecified atom stereocenters. The molecule has 0 saturated carbocycles. The first-order chi connectivity index (χ1) is 13.4. The number of rotatable bonds is 9. The molecule has 5 N–H and O–H groups in total. The summed E-state index contributed by atoms with van der Waals surface area (Å²) in [5.41, 5.74) is 7.20. The Kier molecular flexibility index (Phi) is 8.01. The number of carboxylic acid groups (broad SMARTS) is 1. The summed E-state index contributed by atoms with van der Waals surface area (Å²) in [6, 6.07) is 8.50. The largest absolute Gasteiger partial charge is 0.475 e. The number of aliphatic carboxylic acids is 1. The van der Waals surface area contributed by atoms with Crippen molar-refractivity contribution >= 4 is 17.8 Å². The second-order valence-electron chi connectivity index (χ2n) is 6.77. The molecule has 0 spiro atoms. The fourth-order valence-electron chi connectivity index (χ4n) is 3.06. The number of nitrogens with two attached hydrogens (primary N) is 1. The van der Waals surface area contributed by atoms with E-state index in [1.54, 1.807) is 0 Å². The van der Waals surface area contributed by atoms with Gasteiger partial charge in [-0.3, -0.25) is 9.59 Å². The number of carbonyl (C=O) groups is 3. The molecule has 0 fully saturated rings. The van der Waals surface area contributed by atoms with Crippen LogP contribution in [-0.4, -0.2) is 47.6 Å². The van der Waals surface area contributed by atoms with Crippen molar-refractivity contribution in [1.29, 1.82) is 0 Å². The fourth-order valence-corrected chi connectivity index (χ4v) is 3.06. The Hall–Kier alpha value is -2.87. The van der Waals surface area contributed by atoms with Crippen molar-refractivity contribution in [2.24, 2.45) is 5.73 Å². The number of benzene rings is 1. The van der Waals surface area contributed by atoms with Crippen molar-refractivity contribution in [2.45, 2.75) is 50.8 Å². The number of aryl methyl sites for hydroxylation is 1. The predicted molar refractivity (Wildman–Crippen MR) is 103 cm³/mol. The number of unbranched alkanes of at least 4 members (excludes halogenated alkanes) is 2. The Morgan fingerprint density at radius 2 is 1.86 bits per heavy atom. The van der Waals surface area contributed by atoms with E-state index in [0.29, 0.717) is 6.54 Å². The van der Waals surface area contributed by atoms with Crippen molar-refractivity contribution in [3.63, 3.8) is 0 Å². The first-order valence-electron chi connectivity index (χ1n) is 9.34.